The number of anilines is 1. The average Bonchev–Trinajstić information content (AvgIpc) is 3.43. The number of benzene rings is 3. The van der Waals surface area contributed by atoms with Gasteiger partial charge in [-0.2, -0.15) is 0 Å². The van der Waals surface area contributed by atoms with E-state index >= 15 is 0 Å². The largest absolute Gasteiger partial charge is 0.355 e. The summed E-state index contributed by atoms with van der Waals surface area (Å²) in [6.07, 6.45) is 0.520. The molecule has 0 saturated heterocycles. The van der Waals surface area contributed by atoms with E-state index in [-0.39, 0.29) is 5.69 Å². The molecular formula is C24H18FN5O2. The number of amides is 1. The first-order valence-electron chi connectivity index (χ1n) is 10.1. The number of hydrogen-bond acceptors (Lipinski definition) is 5. The maximum atomic E-state index is 13.5. The van der Waals surface area contributed by atoms with E-state index in [9.17, 15) is 9.18 Å². The van der Waals surface area contributed by atoms with E-state index in [1.165, 1.54) is 18.2 Å². The fraction of sp³-hybridized carbons (Fsp3) is 0.0833. The van der Waals surface area contributed by atoms with Crippen LogP contribution in [-0.4, -0.2) is 26.1 Å². The molecule has 0 spiro atoms. The number of aromatic nitrogens is 4. The van der Waals surface area contributed by atoms with Crippen LogP contribution in [0.2, 0.25) is 0 Å². The molecule has 158 valence electrons. The lowest BCUT2D eigenvalue weighted by Crippen LogP contribution is -2.15. The summed E-state index contributed by atoms with van der Waals surface area (Å²) in [4.78, 5) is 12.8. The summed E-state index contributed by atoms with van der Waals surface area (Å²) in [5.41, 5.74) is 3.53. The zero-order valence-electron chi connectivity index (χ0n) is 17.1. The number of halogens is 1. The van der Waals surface area contributed by atoms with E-state index in [2.05, 4.69) is 20.8 Å². The van der Waals surface area contributed by atoms with Gasteiger partial charge in [-0.15, -0.1) is 5.10 Å². The molecule has 3 aromatic carbocycles. The maximum Gasteiger partial charge on any atom is 0.278 e. The Balaban J connectivity index is 1.53. The Morgan fingerprint density at radius 1 is 1.06 bits per heavy atom. The van der Waals surface area contributed by atoms with E-state index in [0.717, 1.165) is 22.2 Å². The fourth-order valence-corrected chi connectivity index (χ4v) is 3.62. The van der Waals surface area contributed by atoms with Crippen molar-refractivity contribution in [2.45, 2.75) is 13.3 Å². The summed E-state index contributed by atoms with van der Waals surface area (Å²) in [5, 5.41) is 16.0. The van der Waals surface area contributed by atoms with Crippen molar-refractivity contribution in [3.8, 4) is 17.0 Å². The molecular weight excluding hydrogens is 409 g/mol. The zero-order chi connectivity index (χ0) is 22.1. The van der Waals surface area contributed by atoms with Crippen molar-refractivity contribution in [3.05, 3.63) is 90.0 Å². The first kappa shape index (κ1) is 19.6. The van der Waals surface area contributed by atoms with Crippen LogP contribution in [0.4, 0.5) is 10.1 Å². The van der Waals surface area contributed by atoms with Gasteiger partial charge < -0.3 is 9.84 Å². The number of fused-ring (bicyclic) bond motifs is 1. The van der Waals surface area contributed by atoms with Crippen molar-refractivity contribution >= 4 is 22.5 Å². The van der Waals surface area contributed by atoms with Gasteiger partial charge in [0.2, 0.25) is 0 Å². The van der Waals surface area contributed by atoms with E-state index in [0.29, 0.717) is 23.6 Å². The summed E-state index contributed by atoms with van der Waals surface area (Å²) >= 11 is 0. The lowest BCUT2D eigenvalue weighted by atomic mass is 10.1. The van der Waals surface area contributed by atoms with Crippen molar-refractivity contribution in [1.29, 1.82) is 0 Å². The Morgan fingerprint density at radius 2 is 1.91 bits per heavy atom. The normalized spacial score (nSPS) is 11.1. The van der Waals surface area contributed by atoms with Gasteiger partial charge in [0.05, 0.1) is 16.8 Å². The molecule has 0 fully saturated rings. The van der Waals surface area contributed by atoms with E-state index in [1.54, 1.807) is 10.7 Å². The third kappa shape index (κ3) is 3.51. The van der Waals surface area contributed by atoms with E-state index in [4.69, 9.17) is 4.52 Å². The fourth-order valence-electron chi connectivity index (χ4n) is 3.62. The van der Waals surface area contributed by atoms with Crippen molar-refractivity contribution in [2.24, 2.45) is 0 Å². The standard InChI is InChI=1S/C24H18FN5O2/c1-2-21-22(24(31)26-17-10-6-9-16(25)13-17)27-29-30(21)18-11-12-20-19(14-18)23(32-28-20)15-7-4-3-5-8-15/h3-14H,2H2,1H3,(H,26,31). The van der Waals surface area contributed by atoms with Gasteiger partial charge in [0.15, 0.2) is 11.5 Å². The lowest BCUT2D eigenvalue weighted by Gasteiger charge is -2.07. The van der Waals surface area contributed by atoms with E-state index < -0.39 is 11.7 Å². The molecule has 0 aliphatic carbocycles. The topological polar surface area (TPSA) is 85.8 Å². The first-order valence-corrected chi connectivity index (χ1v) is 10.1. The summed E-state index contributed by atoms with van der Waals surface area (Å²) in [7, 11) is 0. The first-order chi connectivity index (χ1) is 15.6. The smallest absolute Gasteiger partial charge is 0.278 e. The Labute approximate surface area is 182 Å². The van der Waals surface area contributed by atoms with Gasteiger partial charge in [-0.25, -0.2) is 9.07 Å². The van der Waals surface area contributed by atoms with Crippen molar-refractivity contribution in [3.63, 3.8) is 0 Å². The van der Waals surface area contributed by atoms with Gasteiger partial charge in [-0.05, 0) is 42.8 Å². The maximum absolute atomic E-state index is 13.5. The van der Waals surface area contributed by atoms with Crippen LogP contribution in [0, 0.1) is 5.82 Å². The van der Waals surface area contributed by atoms with Crippen LogP contribution in [0.25, 0.3) is 27.9 Å². The van der Waals surface area contributed by atoms with Gasteiger partial charge >= 0.3 is 0 Å². The van der Waals surface area contributed by atoms with Crippen molar-refractivity contribution < 1.29 is 13.7 Å². The van der Waals surface area contributed by atoms with Gasteiger partial charge in [-0.1, -0.05) is 53.7 Å². The molecule has 2 heterocycles. The Bertz CT molecular complexity index is 1430. The van der Waals surface area contributed by atoms with Crippen LogP contribution in [-0.2, 0) is 6.42 Å². The molecule has 7 nitrogen and oxygen atoms in total. The molecule has 0 radical (unpaired) electrons. The number of hydrogen-bond donors (Lipinski definition) is 1. The molecule has 5 rings (SSSR count). The van der Waals surface area contributed by atoms with Gasteiger partial charge in [0, 0.05) is 11.3 Å². The number of rotatable bonds is 5. The molecule has 0 bridgehead atoms. The van der Waals surface area contributed by atoms with Crippen molar-refractivity contribution in [2.75, 3.05) is 5.32 Å². The highest BCUT2D eigenvalue weighted by atomic mass is 19.1. The second-order valence-corrected chi connectivity index (χ2v) is 7.19. The molecule has 2 aromatic heterocycles. The van der Waals surface area contributed by atoms with Crippen LogP contribution in [0.15, 0.2) is 77.3 Å². The Hall–Kier alpha value is -4.33. The van der Waals surface area contributed by atoms with Gasteiger partial charge in [-0.3, -0.25) is 4.79 Å². The number of carbonyl (C=O) groups is 1. The molecule has 0 unspecified atom stereocenters. The van der Waals surface area contributed by atoms with Gasteiger partial charge in [0.25, 0.3) is 5.91 Å². The predicted molar refractivity (Wildman–Crippen MR) is 118 cm³/mol. The minimum absolute atomic E-state index is 0.186. The number of carbonyl (C=O) groups excluding carboxylic acids is 1. The molecule has 0 atom stereocenters. The van der Waals surface area contributed by atoms with Crippen molar-refractivity contribution in [1.82, 2.24) is 20.2 Å². The van der Waals surface area contributed by atoms with Crippen LogP contribution < -0.4 is 5.32 Å². The Morgan fingerprint density at radius 3 is 2.69 bits per heavy atom. The summed E-state index contributed by atoms with van der Waals surface area (Å²) in [6.45, 7) is 1.92. The average molecular weight is 427 g/mol. The minimum atomic E-state index is -0.449. The van der Waals surface area contributed by atoms with Crippen LogP contribution in [0.3, 0.4) is 0 Å². The second-order valence-electron chi connectivity index (χ2n) is 7.19. The summed E-state index contributed by atoms with van der Waals surface area (Å²) in [6, 6.07) is 21.0. The number of nitrogens with one attached hydrogen (secondary N) is 1. The SMILES string of the molecule is CCc1c(C(=O)Nc2cccc(F)c2)nnn1-c1ccc2noc(-c3ccccc3)c2c1. The molecule has 32 heavy (non-hydrogen) atoms. The quantitative estimate of drug-likeness (QED) is 0.425. The zero-order valence-corrected chi connectivity index (χ0v) is 17.1. The molecule has 8 heteroatoms. The molecule has 0 aliphatic heterocycles. The summed E-state index contributed by atoms with van der Waals surface area (Å²) < 4.78 is 20.7. The van der Waals surface area contributed by atoms with Crippen LogP contribution in [0.1, 0.15) is 23.1 Å². The van der Waals surface area contributed by atoms with E-state index in [1.807, 2.05) is 55.5 Å². The molecule has 1 N–H and O–H groups in total. The molecule has 0 saturated carbocycles. The molecule has 5 aromatic rings. The predicted octanol–water partition coefficient (Wildman–Crippen LogP) is 5.03. The highest BCUT2D eigenvalue weighted by molar-refractivity contribution is 6.03. The highest BCUT2D eigenvalue weighted by Crippen LogP contribution is 2.30. The van der Waals surface area contributed by atoms with Crippen LogP contribution in [0.5, 0.6) is 0 Å². The molecule has 1 amide bonds. The lowest BCUT2D eigenvalue weighted by molar-refractivity contribution is 0.102. The molecule has 0 aliphatic rings. The summed E-state index contributed by atoms with van der Waals surface area (Å²) in [5.74, 6) is -0.224. The highest BCUT2D eigenvalue weighted by Gasteiger charge is 2.21. The number of nitrogens with zero attached hydrogens (tertiary/aromatic N) is 4. The Kier molecular flexibility index (Phi) is 4.95. The minimum Gasteiger partial charge on any atom is -0.355 e. The third-order valence-electron chi connectivity index (χ3n) is 5.14. The van der Waals surface area contributed by atoms with Gasteiger partial charge in [0.1, 0.15) is 11.3 Å². The third-order valence-corrected chi connectivity index (χ3v) is 5.14. The van der Waals surface area contributed by atoms with Crippen LogP contribution >= 0.6 is 0 Å². The second kappa shape index (κ2) is 8.07. The monoisotopic (exact) mass is 427 g/mol.